The molecule has 0 saturated carbocycles. The number of benzene rings is 1. The molecule has 0 amide bonds. The monoisotopic (exact) mass is 272 g/mol. The summed E-state index contributed by atoms with van der Waals surface area (Å²) in [7, 11) is 0. The van der Waals surface area contributed by atoms with Crippen molar-refractivity contribution < 1.29 is 13.2 Å². The lowest BCUT2D eigenvalue weighted by atomic mass is 10.1. The summed E-state index contributed by atoms with van der Waals surface area (Å²) in [5, 5.41) is 9.17. The van der Waals surface area contributed by atoms with Crippen molar-refractivity contribution in [2.24, 2.45) is 0 Å². The van der Waals surface area contributed by atoms with Gasteiger partial charge in [-0.2, -0.15) is 18.4 Å². The van der Waals surface area contributed by atoms with Gasteiger partial charge in [-0.3, -0.25) is 0 Å². The van der Waals surface area contributed by atoms with Crippen LogP contribution in [0.5, 0.6) is 0 Å². The topological polar surface area (TPSA) is 27.0 Å². The average Bonchev–Trinajstić information content (AvgIpc) is 2.74. The Bertz CT molecular complexity index is 514. The highest BCUT2D eigenvalue weighted by atomic mass is 35.5. The van der Waals surface area contributed by atoms with Gasteiger partial charge in [-0.15, -0.1) is 0 Å². The fourth-order valence-corrected chi connectivity index (χ4v) is 1.96. The van der Waals surface area contributed by atoms with Crippen LogP contribution >= 0.6 is 11.6 Å². The van der Waals surface area contributed by atoms with E-state index in [-0.39, 0.29) is 12.0 Å². The summed E-state index contributed by atoms with van der Waals surface area (Å²) in [6, 6.07) is 6.11. The Hall–Kier alpha value is -1.67. The smallest absolute Gasteiger partial charge is 0.334 e. The quantitative estimate of drug-likeness (QED) is 0.775. The zero-order valence-corrected chi connectivity index (χ0v) is 9.83. The maximum Gasteiger partial charge on any atom is 0.409 e. The summed E-state index contributed by atoms with van der Waals surface area (Å²) in [5.41, 5.74) is 0.485. The first-order chi connectivity index (χ1) is 8.41. The number of rotatable bonds is 1. The summed E-state index contributed by atoms with van der Waals surface area (Å²) in [6.45, 7) is 0. The van der Waals surface area contributed by atoms with Gasteiger partial charge in [0.05, 0.1) is 6.07 Å². The van der Waals surface area contributed by atoms with E-state index in [0.717, 1.165) is 4.90 Å². The first-order valence-corrected chi connectivity index (χ1v) is 5.51. The molecule has 0 aliphatic carbocycles. The number of alkyl halides is 3. The van der Waals surface area contributed by atoms with Gasteiger partial charge in [0.15, 0.2) is 0 Å². The van der Waals surface area contributed by atoms with Crippen LogP contribution in [0.25, 0.3) is 0 Å². The Morgan fingerprint density at radius 3 is 2.39 bits per heavy atom. The largest absolute Gasteiger partial charge is 0.409 e. The van der Waals surface area contributed by atoms with E-state index in [0.29, 0.717) is 10.7 Å². The molecule has 1 aromatic carbocycles. The second-order valence-corrected chi connectivity index (χ2v) is 4.35. The third-order valence-electron chi connectivity index (χ3n) is 2.69. The first kappa shape index (κ1) is 12.8. The van der Waals surface area contributed by atoms with Gasteiger partial charge in [-0.25, -0.2) is 0 Å². The minimum Gasteiger partial charge on any atom is -0.334 e. The maximum atomic E-state index is 12.9. The fourth-order valence-electron chi connectivity index (χ4n) is 1.83. The van der Waals surface area contributed by atoms with Crippen molar-refractivity contribution in [2.45, 2.75) is 18.6 Å². The molecule has 0 fully saturated rings. The molecule has 1 aliphatic heterocycles. The highest BCUT2D eigenvalue weighted by Gasteiger charge is 2.46. The van der Waals surface area contributed by atoms with E-state index in [1.54, 1.807) is 6.07 Å². The predicted octanol–water partition coefficient (Wildman–Crippen LogP) is 3.89. The Morgan fingerprint density at radius 1 is 1.28 bits per heavy atom. The summed E-state index contributed by atoms with van der Waals surface area (Å²) in [6.07, 6.45) is -3.46. The Kier molecular flexibility index (Phi) is 3.22. The molecule has 2 rings (SSSR count). The molecule has 6 heteroatoms. The van der Waals surface area contributed by atoms with Crippen LogP contribution < -0.4 is 4.90 Å². The van der Waals surface area contributed by atoms with Crippen molar-refractivity contribution in [1.82, 2.24) is 0 Å². The second-order valence-electron chi connectivity index (χ2n) is 3.91. The summed E-state index contributed by atoms with van der Waals surface area (Å²) < 4.78 is 38.6. The molecule has 0 saturated heterocycles. The van der Waals surface area contributed by atoms with Crippen LogP contribution in [0, 0.1) is 11.3 Å². The van der Waals surface area contributed by atoms with Gasteiger partial charge in [0.2, 0.25) is 0 Å². The summed E-state index contributed by atoms with van der Waals surface area (Å²) in [4.78, 5) is 1.06. The third-order valence-corrected chi connectivity index (χ3v) is 2.94. The van der Waals surface area contributed by atoms with Crippen LogP contribution in [0.4, 0.5) is 18.9 Å². The molecule has 1 unspecified atom stereocenters. The molecular weight excluding hydrogens is 265 g/mol. The molecular formula is C12H8ClF3N2. The van der Waals surface area contributed by atoms with Crippen molar-refractivity contribution in [2.75, 3.05) is 4.90 Å². The number of hydrogen-bond donors (Lipinski definition) is 0. The Labute approximate surface area is 107 Å². The summed E-state index contributed by atoms with van der Waals surface area (Å²) >= 11 is 5.69. The fraction of sp³-hybridized carbons (Fsp3) is 0.250. The van der Waals surface area contributed by atoms with Crippen LogP contribution in [0.1, 0.15) is 6.42 Å². The van der Waals surface area contributed by atoms with Gasteiger partial charge in [-0.05, 0) is 24.3 Å². The lowest BCUT2D eigenvalue weighted by Crippen LogP contribution is -2.40. The third kappa shape index (κ3) is 2.44. The Balaban J connectivity index is 2.36. The lowest BCUT2D eigenvalue weighted by Gasteiger charge is -2.27. The van der Waals surface area contributed by atoms with Crippen LogP contribution in [-0.4, -0.2) is 12.2 Å². The van der Waals surface area contributed by atoms with Crippen molar-refractivity contribution in [1.29, 1.82) is 5.26 Å². The van der Waals surface area contributed by atoms with Gasteiger partial charge in [0.1, 0.15) is 6.04 Å². The molecule has 18 heavy (non-hydrogen) atoms. The molecule has 1 aliphatic rings. The van der Waals surface area contributed by atoms with E-state index in [9.17, 15) is 13.2 Å². The van der Waals surface area contributed by atoms with Gasteiger partial charge in [-0.1, -0.05) is 11.6 Å². The molecule has 1 heterocycles. The first-order valence-electron chi connectivity index (χ1n) is 5.13. The molecule has 0 bridgehead atoms. The van der Waals surface area contributed by atoms with E-state index < -0.39 is 12.2 Å². The number of hydrogen-bond acceptors (Lipinski definition) is 2. The predicted molar refractivity (Wildman–Crippen MR) is 62.1 cm³/mol. The number of nitrogens with zero attached hydrogens (tertiary/aromatic N) is 2. The van der Waals surface area contributed by atoms with E-state index in [4.69, 9.17) is 16.9 Å². The lowest BCUT2D eigenvalue weighted by molar-refractivity contribution is -0.145. The van der Waals surface area contributed by atoms with Crippen molar-refractivity contribution in [3.63, 3.8) is 0 Å². The number of anilines is 1. The minimum absolute atomic E-state index is 0.118. The summed E-state index contributed by atoms with van der Waals surface area (Å²) in [5.74, 6) is 0. The minimum atomic E-state index is -4.38. The Morgan fingerprint density at radius 2 is 1.89 bits per heavy atom. The van der Waals surface area contributed by atoms with Gasteiger partial charge in [0.25, 0.3) is 0 Å². The van der Waals surface area contributed by atoms with E-state index in [2.05, 4.69) is 0 Å². The molecule has 0 spiro atoms. The normalized spacial score (nSPS) is 19.6. The van der Waals surface area contributed by atoms with Crippen molar-refractivity contribution >= 4 is 17.3 Å². The SMILES string of the molecule is N#CC1=CN(c2ccc(Cl)cc2)C(C(F)(F)F)C1. The van der Waals surface area contributed by atoms with E-state index in [1.807, 2.05) is 0 Å². The number of halogens is 4. The molecule has 2 nitrogen and oxygen atoms in total. The molecule has 0 radical (unpaired) electrons. The average molecular weight is 273 g/mol. The van der Waals surface area contributed by atoms with Crippen LogP contribution in [0.2, 0.25) is 5.02 Å². The van der Waals surface area contributed by atoms with Crippen LogP contribution in [0.15, 0.2) is 36.0 Å². The van der Waals surface area contributed by atoms with E-state index in [1.165, 1.54) is 30.5 Å². The van der Waals surface area contributed by atoms with Gasteiger partial charge < -0.3 is 4.90 Å². The number of nitriles is 1. The second kappa shape index (κ2) is 4.54. The molecule has 0 aromatic heterocycles. The zero-order chi connectivity index (χ0) is 13.3. The molecule has 1 aromatic rings. The molecule has 94 valence electrons. The van der Waals surface area contributed by atoms with E-state index >= 15 is 0 Å². The highest BCUT2D eigenvalue weighted by molar-refractivity contribution is 6.30. The van der Waals surface area contributed by atoms with Crippen LogP contribution in [-0.2, 0) is 0 Å². The van der Waals surface area contributed by atoms with Gasteiger partial charge >= 0.3 is 6.18 Å². The standard InChI is InChI=1S/C12H8ClF3N2/c13-9-1-3-10(4-2-9)18-7-8(6-17)5-11(18)12(14,15)16/h1-4,7,11H,5H2. The molecule has 0 N–H and O–H groups in total. The van der Waals surface area contributed by atoms with Gasteiger partial charge in [0, 0.05) is 28.9 Å². The van der Waals surface area contributed by atoms with Crippen LogP contribution in [0.3, 0.4) is 0 Å². The zero-order valence-electron chi connectivity index (χ0n) is 9.08. The maximum absolute atomic E-state index is 12.9. The van der Waals surface area contributed by atoms with Crippen molar-refractivity contribution in [3.05, 3.63) is 41.1 Å². The highest BCUT2D eigenvalue weighted by Crippen LogP contribution is 2.37. The van der Waals surface area contributed by atoms with Crippen molar-refractivity contribution in [3.8, 4) is 6.07 Å². The molecule has 1 atom stereocenters.